The zero-order valence-corrected chi connectivity index (χ0v) is 12.2. The molecule has 0 rings (SSSR count). The Bertz CT molecular complexity index is 400. The van der Waals surface area contributed by atoms with Gasteiger partial charge in [0.15, 0.2) is 0 Å². The molecule has 0 aliphatic heterocycles. The number of hydrogen-bond donors (Lipinski definition) is 2. The van der Waals surface area contributed by atoms with E-state index in [0.717, 1.165) is 0 Å². The number of rotatable bonds is 6. The predicted molar refractivity (Wildman–Crippen MR) is 70.2 cm³/mol. The SMILES string of the molecule is C=C(C)C(=O)OC(C)(C)CC(C)CS(=O)(=O)O.N. The topological polar surface area (TPSA) is 116 Å². The minimum atomic E-state index is -4.00. The summed E-state index contributed by atoms with van der Waals surface area (Å²) in [5, 5.41) is 0. The Morgan fingerprint density at radius 3 is 2.22 bits per heavy atom. The van der Waals surface area contributed by atoms with Crippen LogP contribution in [-0.2, 0) is 19.6 Å². The Labute approximate surface area is 109 Å². The van der Waals surface area contributed by atoms with Crippen molar-refractivity contribution in [1.29, 1.82) is 0 Å². The van der Waals surface area contributed by atoms with E-state index in [1.807, 2.05) is 0 Å². The molecule has 0 spiro atoms. The minimum absolute atomic E-state index is 0. The van der Waals surface area contributed by atoms with E-state index in [1.54, 1.807) is 27.7 Å². The van der Waals surface area contributed by atoms with Gasteiger partial charge in [0.05, 0.1) is 5.75 Å². The first-order valence-electron chi connectivity index (χ1n) is 5.27. The molecule has 0 amide bonds. The van der Waals surface area contributed by atoms with Crippen molar-refractivity contribution in [3.05, 3.63) is 12.2 Å². The van der Waals surface area contributed by atoms with E-state index >= 15 is 0 Å². The molecule has 0 saturated heterocycles. The van der Waals surface area contributed by atoms with Crippen molar-refractivity contribution in [3.63, 3.8) is 0 Å². The van der Waals surface area contributed by atoms with Gasteiger partial charge < -0.3 is 10.9 Å². The lowest BCUT2D eigenvalue weighted by atomic mass is 9.96. The molecule has 0 aromatic carbocycles. The lowest BCUT2D eigenvalue weighted by molar-refractivity contribution is -0.152. The van der Waals surface area contributed by atoms with Gasteiger partial charge in [-0.05, 0) is 33.1 Å². The van der Waals surface area contributed by atoms with Crippen LogP contribution in [0, 0.1) is 5.92 Å². The number of carbonyl (C=O) groups excluding carboxylic acids is 1. The van der Waals surface area contributed by atoms with Crippen molar-refractivity contribution in [1.82, 2.24) is 6.15 Å². The Morgan fingerprint density at radius 2 is 1.89 bits per heavy atom. The predicted octanol–water partition coefficient (Wildman–Crippen LogP) is 1.96. The Kier molecular flexibility index (Phi) is 7.41. The molecule has 0 aliphatic carbocycles. The average Bonchev–Trinajstić information content (AvgIpc) is 1.96. The maximum absolute atomic E-state index is 11.3. The van der Waals surface area contributed by atoms with Crippen LogP contribution >= 0.6 is 0 Å². The van der Waals surface area contributed by atoms with Crippen molar-refractivity contribution in [2.45, 2.75) is 39.7 Å². The fourth-order valence-electron chi connectivity index (χ4n) is 1.64. The molecule has 0 heterocycles. The second-order valence-electron chi connectivity index (χ2n) is 4.99. The van der Waals surface area contributed by atoms with Gasteiger partial charge >= 0.3 is 5.97 Å². The average molecular weight is 281 g/mol. The summed E-state index contributed by atoms with van der Waals surface area (Å²) < 4.78 is 35.3. The summed E-state index contributed by atoms with van der Waals surface area (Å²) in [6, 6.07) is 0. The molecule has 0 aliphatic rings. The molecule has 0 radical (unpaired) electrons. The Balaban J connectivity index is 0. The molecule has 0 aromatic rings. The first kappa shape index (κ1) is 19.4. The molecule has 0 saturated carbocycles. The smallest absolute Gasteiger partial charge is 0.333 e. The van der Waals surface area contributed by atoms with E-state index in [9.17, 15) is 13.2 Å². The second-order valence-corrected chi connectivity index (χ2v) is 6.48. The van der Waals surface area contributed by atoms with Gasteiger partial charge in [0.25, 0.3) is 10.1 Å². The van der Waals surface area contributed by atoms with Crippen LogP contribution in [0.1, 0.15) is 34.1 Å². The van der Waals surface area contributed by atoms with Crippen LogP contribution in [0.3, 0.4) is 0 Å². The summed E-state index contributed by atoms with van der Waals surface area (Å²) in [5.41, 5.74) is -0.499. The second kappa shape index (κ2) is 6.86. The summed E-state index contributed by atoms with van der Waals surface area (Å²) in [7, 11) is -4.00. The van der Waals surface area contributed by atoms with Gasteiger partial charge in [-0.15, -0.1) is 0 Å². The summed E-state index contributed by atoms with van der Waals surface area (Å²) >= 11 is 0. The third-order valence-electron chi connectivity index (χ3n) is 2.05. The summed E-state index contributed by atoms with van der Waals surface area (Å²) in [6.07, 6.45) is 0.339. The molecule has 0 fully saturated rings. The summed E-state index contributed by atoms with van der Waals surface area (Å²) in [4.78, 5) is 11.3. The van der Waals surface area contributed by atoms with Crippen molar-refractivity contribution >= 4 is 16.1 Å². The number of carbonyl (C=O) groups is 1. The molecule has 6 nitrogen and oxygen atoms in total. The van der Waals surface area contributed by atoms with Crippen LogP contribution in [0.5, 0.6) is 0 Å². The van der Waals surface area contributed by atoms with E-state index in [4.69, 9.17) is 9.29 Å². The zero-order chi connectivity index (χ0) is 13.9. The summed E-state index contributed by atoms with van der Waals surface area (Å²) in [6.45, 7) is 10.1. The van der Waals surface area contributed by atoms with E-state index < -0.39 is 21.7 Å². The van der Waals surface area contributed by atoms with Gasteiger partial charge in [0.2, 0.25) is 0 Å². The van der Waals surface area contributed by atoms with Crippen LogP contribution in [0.2, 0.25) is 0 Å². The van der Waals surface area contributed by atoms with Gasteiger partial charge in [-0.1, -0.05) is 13.5 Å². The van der Waals surface area contributed by atoms with Crippen molar-refractivity contribution in [3.8, 4) is 0 Å². The van der Waals surface area contributed by atoms with Gasteiger partial charge in [0, 0.05) is 5.57 Å². The van der Waals surface area contributed by atoms with Crippen LogP contribution in [-0.4, -0.2) is 30.3 Å². The molecule has 0 bridgehead atoms. The first-order chi connectivity index (χ1) is 7.43. The van der Waals surface area contributed by atoms with Crippen LogP contribution in [0.4, 0.5) is 0 Å². The normalized spacial score (nSPS) is 13.4. The summed E-state index contributed by atoms with van der Waals surface area (Å²) in [5.74, 6) is -1.16. The van der Waals surface area contributed by atoms with E-state index in [1.165, 1.54) is 0 Å². The van der Waals surface area contributed by atoms with E-state index in [2.05, 4.69) is 6.58 Å². The molecule has 1 atom stereocenters. The fraction of sp³-hybridized carbons (Fsp3) is 0.727. The molecule has 108 valence electrons. The number of ether oxygens (including phenoxy) is 1. The quantitative estimate of drug-likeness (QED) is 0.437. The van der Waals surface area contributed by atoms with Crippen molar-refractivity contribution in [2.75, 3.05) is 5.75 Å². The van der Waals surface area contributed by atoms with Gasteiger partial charge in [-0.2, -0.15) is 8.42 Å². The molecule has 7 heteroatoms. The van der Waals surface area contributed by atoms with Crippen molar-refractivity contribution in [2.24, 2.45) is 5.92 Å². The fourth-order valence-corrected chi connectivity index (χ4v) is 2.47. The lowest BCUT2D eigenvalue weighted by Gasteiger charge is -2.27. The van der Waals surface area contributed by atoms with Crippen molar-refractivity contribution < 1.29 is 22.5 Å². The first-order valence-corrected chi connectivity index (χ1v) is 6.88. The molecular formula is C11H23NO5S. The minimum Gasteiger partial charge on any atom is -0.456 e. The maximum Gasteiger partial charge on any atom is 0.333 e. The zero-order valence-electron chi connectivity index (χ0n) is 11.4. The van der Waals surface area contributed by atoms with E-state index in [-0.39, 0.29) is 17.8 Å². The lowest BCUT2D eigenvalue weighted by Crippen LogP contribution is -2.32. The monoisotopic (exact) mass is 281 g/mol. The highest BCUT2D eigenvalue weighted by Crippen LogP contribution is 2.22. The number of esters is 1. The highest BCUT2D eigenvalue weighted by Gasteiger charge is 2.27. The number of hydrogen-bond acceptors (Lipinski definition) is 5. The van der Waals surface area contributed by atoms with E-state index in [0.29, 0.717) is 12.0 Å². The highest BCUT2D eigenvalue weighted by molar-refractivity contribution is 7.85. The molecule has 18 heavy (non-hydrogen) atoms. The molecule has 1 unspecified atom stereocenters. The van der Waals surface area contributed by atoms with Crippen LogP contribution in [0.25, 0.3) is 0 Å². The largest absolute Gasteiger partial charge is 0.456 e. The van der Waals surface area contributed by atoms with Crippen LogP contribution in [0.15, 0.2) is 12.2 Å². The standard InChI is InChI=1S/C11H20O5S.H3N/c1-8(2)10(12)16-11(4,5)6-9(3)7-17(13,14)15;/h9H,1,6-7H2,2-5H3,(H,13,14,15);1H3. The van der Waals surface area contributed by atoms with Gasteiger partial charge in [-0.3, -0.25) is 4.55 Å². The van der Waals surface area contributed by atoms with Crippen LogP contribution < -0.4 is 6.15 Å². The molecule has 0 aromatic heterocycles. The van der Waals surface area contributed by atoms with Gasteiger partial charge in [0.1, 0.15) is 5.60 Å². The highest BCUT2D eigenvalue weighted by atomic mass is 32.2. The third kappa shape index (κ3) is 9.15. The van der Waals surface area contributed by atoms with Gasteiger partial charge in [-0.25, -0.2) is 4.79 Å². The molecule has 4 N–H and O–H groups in total. The Hall–Kier alpha value is -0.920. The molecular weight excluding hydrogens is 258 g/mol. The third-order valence-corrected chi connectivity index (χ3v) is 3.04. The maximum atomic E-state index is 11.3. The Morgan fingerprint density at radius 1 is 1.44 bits per heavy atom.